The third-order valence-electron chi connectivity index (χ3n) is 4.49. The van der Waals surface area contributed by atoms with Crippen LogP contribution in [0, 0.1) is 0 Å². The lowest BCUT2D eigenvalue weighted by molar-refractivity contribution is 0.0739. The molecule has 2 rings (SSSR count). The second-order valence-corrected chi connectivity index (χ2v) is 6.50. The van der Waals surface area contributed by atoms with Crippen LogP contribution in [0.15, 0.2) is 6.07 Å². The van der Waals surface area contributed by atoms with Gasteiger partial charge in [0.05, 0.1) is 0 Å². The van der Waals surface area contributed by atoms with Crippen LogP contribution in [0.25, 0.3) is 0 Å². The quantitative estimate of drug-likeness (QED) is 0.879. The molecule has 1 fully saturated rings. The average molecular weight is 306 g/mol. The van der Waals surface area contributed by atoms with Gasteiger partial charge >= 0.3 is 0 Å². The monoisotopic (exact) mass is 306 g/mol. The van der Waals surface area contributed by atoms with Crippen LogP contribution in [0.2, 0.25) is 0 Å². The van der Waals surface area contributed by atoms with Crippen LogP contribution in [0.5, 0.6) is 0 Å². The summed E-state index contributed by atoms with van der Waals surface area (Å²) in [5.74, 6) is 0.404. The zero-order valence-corrected chi connectivity index (χ0v) is 14.3. The van der Waals surface area contributed by atoms with Crippen LogP contribution in [0.3, 0.4) is 0 Å². The van der Waals surface area contributed by atoms with Gasteiger partial charge < -0.3 is 9.80 Å². The number of hydrogen-bond acceptors (Lipinski definition) is 3. The van der Waals surface area contributed by atoms with Gasteiger partial charge in [-0.05, 0) is 44.8 Å². The summed E-state index contributed by atoms with van der Waals surface area (Å²) in [7, 11) is 0. The first-order valence-corrected chi connectivity index (χ1v) is 8.68. The van der Waals surface area contributed by atoms with Crippen LogP contribution in [-0.4, -0.2) is 58.6 Å². The fraction of sp³-hybridized carbons (Fsp3) is 0.765. The van der Waals surface area contributed by atoms with Gasteiger partial charge in [0.1, 0.15) is 5.69 Å². The Morgan fingerprint density at radius 1 is 1.32 bits per heavy atom. The SMILES string of the molecule is CCN(CCN1CCCCCC1)C(=O)c1cc(C(C)C)[nH]n1. The molecule has 0 spiro atoms. The lowest BCUT2D eigenvalue weighted by atomic mass is 10.1. The molecule has 0 aromatic carbocycles. The third-order valence-corrected chi connectivity index (χ3v) is 4.49. The van der Waals surface area contributed by atoms with Crippen molar-refractivity contribution < 1.29 is 4.79 Å². The number of H-pyrrole nitrogens is 1. The number of likely N-dealkylation sites (N-methyl/N-ethyl adjacent to an activating group) is 1. The van der Waals surface area contributed by atoms with E-state index in [-0.39, 0.29) is 5.91 Å². The van der Waals surface area contributed by atoms with Crippen molar-refractivity contribution in [3.05, 3.63) is 17.5 Å². The molecule has 22 heavy (non-hydrogen) atoms. The Balaban J connectivity index is 1.90. The molecule has 5 nitrogen and oxygen atoms in total. The molecule has 1 N–H and O–H groups in total. The summed E-state index contributed by atoms with van der Waals surface area (Å²) >= 11 is 0. The summed E-state index contributed by atoms with van der Waals surface area (Å²) < 4.78 is 0. The third kappa shape index (κ3) is 4.57. The topological polar surface area (TPSA) is 52.2 Å². The predicted octanol–water partition coefficient (Wildman–Crippen LogP) is 2.87. The fourth-order valence-corrected chi connectivity index (χ4v) is 2.93. The van der Waals surface area contributed by atoms with Gasteiger partial charge in [0, 0.05) is 25.3 Å². The number of hydrogen-bond donors (Lipinski definition) is 1. The molecule has 0 radical (unpaired) electrons. The Bertz CT molecular complexity index is 461. The minimum Gasteiger partial charge on any atom is -0.336 e. The van der Waals surface area contributed by atoms with Gasteiger partial charge in [-0.1, -0.05) is 26.7 Å². The van der Waals surface area contributed by atoms with E-state index < -0.39 is 0 Å². The van der Waals surface area contributed by atoms with Crippen molar-refractivity contribution >= 4 is 5.91 Å². The van der Waals surface area contributed by atoms with Gasteiger partial charge in [-0.25, -0.2) is 0 Å². The molecule has 1 aromatic heterocycles. The molecule has 0 aliphatic carbocycles. The number of rotatable bonds is 6. The molecule has 5 heteroatoms. The molecule has 0 bridgehead atoms. The highest BCUT2D eigenvalue weighted by Crippen LogP contribution is 2.14. The molecular weight excluding hydrogens is 276 g/mol. The largest absolute Gasteiger partial charge is 0.336 e. The Kier molecular flexibility index (Phi) is 6.43. The zero-order chi connectivity index (χ0) is 15.9. The van der Waals surface area contributed by atoms with Crippen molar-refractivity contribution in [3.63, 3.8) is 0 Å². The molecule has 1 amide bonds. The number of carbonyl (C=O) groups is 1. The van der Waals surface area contributed by atoms with Crippen LogP contribution in [-0.2, 0) is 0 Å². The highest BCUT2D eigenvalue weighted by atomic mass is 16.2. The maximum atomic E-state index is 12.6. The zero-order valence-electron chi connectivity index (χ0n) is 14.3. The summed E-state index contributed by atoms with van der Waals surface area (Å²) in [6.45, 7) is 11.1. The summed E-state index contributed by atoms with van der Waals surface area (Å²) in [6.07, 6.45) is 5.27. The molecule has 1 aromatic rings. The number of nitrogens with zero attached hydrogens (tertiary/aromatic N) is 3. The molecule has 1 saturated heterocycles. The predicted molar refractivity (Wildman–Crippen MR) is 89.2 cm³/mol. The first-order valence-electron chi connectivity index (χ1n) is 8.68. The number of nitrogens with one attached hydrogen (secondary N) is 1. The summed E-state index contributed by atoms with van der Waals surface area (Å²) in [6, 6.07) is 1.89. The summed E-state index contributed by atoms with van der Waals surface area (Å²) in [4.78, 5) is 17.0. The standard InChI is InChI=1S/C17H30N4O/c1-4-21(12-11-20-9-7-5-6-8-10-20)17(22)16-13-15(14(2)3)18-19-16/h13-14H,4-12H2,1-3H3,(H,18,19). The lowest BCUT2D eigenvalue weighted by Crippen LogP contribution is -2.39. The average Bonchev–Trinajstić information content (AvgIpc) is 2.86. The van der Waals surface area contributed by atoms with Crippen LogP contribution < -0.4 is 0 Å². The van der Waals surface area contributed by atoms with E-state index >= 15 is 0 Å². The molecule has 2 heterocycles. The van der Waals surface area contributed by atoms with E-state index in [1.54, 1.807) is 0 Å². The number of carbonyl (C=O) groups excluding carboxylic acids is 1. The molecule has 124 valence electrons. The van der Waals surface area contributed by atoms with Crippen molar-refractivity contribution in [1.82, 2.24) is 20.0 Å². The lowest BCUT2D eigenvalue weighted by Gasteiger charge is -2.25. The number of aromatic amines is 1. The van der Waals surface area contributed by atoms with E-state index in [0.29, 0.717) is 11.6 Å². The van der Waals surface area contributed by atoms with E-state index in [1.807, 2.05) is 17.9 Å². The molecule has 0 saturated carbocycles. The highest BCUT2D eigenvalue weighted by Gasteiger charge is 2.19. The van der Waals surface area contributed by atoms with Crippen LogP contribution >= 0.6 is 0 Å². The van der Waals surface area contributed by atoms with Crippen LogP contribution in [0.1, 0.15) is 68.6 Å². The van der Waals surface area contributed by atoms with E-state index in [1.165, 1.54) is 38.8 Å². The molecule has 1 aliphatic rings. The van der Waals surface area contributed by atoms with Gasteiger partial charge in [0.2, 0.25) is 0 Å². The van der Waals surface area contributed by atoms with Crippen molar-refractivity contribution in [2.24, 2.45) is 0 Å². The summed E-state index contributed by atoms with van der Waals surface area (Å²) in [5.41, 5.74) is 1.56. The van der Waals surface area contributed by atoms with Crippen LogP contribution in [0.4, 0.5) is 0 Å². The number of aromatic nitrogens is 2. The molecule has 1 aliphatic heterocycles. The van der Waals surface area contributed by atoms with E-state index in [0.717, 1.165) is 25.3 Å². The summed E-state index contributed by atoms with van der Waals surface area (Å²) in [5, 5.41) is 7.16. The van der Waals surface area contributed by atoms with Gasteiger partial charge in [-0.3, -0.25) is 9.89 Å². The van der Waals surface area contributed by atoms with Crippen molar-refractivity contribution in [2.75, 3.05) is 32.7 Å². The van der Waals surface area contributed by atoms with Crippen molar-refractivity contribution in [2.45, 2.75) is 52.4 Å². The Hall–Kier alpha value is -1.36. The van der Waals surface area contributed by atoms with Gasteiger partial charge in [-0.15, -0.1) is 0 Å². The second-order valence-electron chi connectivity index (χ2n) is 6.50. The van der Waals surface area contributed by atoms with Gasteiger partial charge in [0.15, 0.2) is 0 Å². The maximum Gasteiger partial charge on any atom is 0.274 e. The first-order chi connectivity index (χ1) is 10.6. The second kappa shape index (κ2) is 8.32. The van der Waals surface area contributed by atoms with Crippen molar-refractivity contribution in [1.29, 1.82) is 0 Å². The highest BCUT2D eigenvalue weighted by molar-refractivity contribution is 5.92. The van der Waals surface area contributed by atoms with Gasteiger partial charge in [0.25, 0.3) is 5.91 Å². The molecular formula is C17H30N4O. The Morgan fingerprint density at radius 2 is 2.00 bits per heavy atom. The molecule has 0 atom stereocenters. The number of amides is 1. The Labute approximate surface area is 134 Å². The van der Waals surface area contributed by atoms with Gasteiger partial charge in [-0.2, -0.15) is 5.10 Å². The first kappa shape index (κ1) is 17.0. The van der Waals surface area contributed by atoms with E-state index in [4.69, 9.17) is 0 Å². The number of likely N-dealkylation sites (tertiary alicyclic amines) is 1. The normalized spacial score (nSPS) is 16.7. The van der Waals surface area contributed by atoms with E-state index in [9.17, 15) is 4.79 Å². The minimum atomic E-state index is 0.0421. The van der Waals surface area contributed by atoms with E-state index in [2.05, 4.69) is 28.9 Å². The fourth-order valence-electron chi connectivity index (χ4n) is 2.93. The Morgan fingerprint density at radius 3 is 2.55 bits per heavy atom. The smallest absolute Gasteiger partial charge is 0.274 e. The minimum absolute atomic E-state index is 0.0421. The van der Waals surface area contributed by atoms with Crippen molar-refractivity contribution in [3.8, 4) is 0 Å². The molecule has 0 unspecified atom stereocenters. The maximum absolute atomic E-state index is 12.6.